The van der Waals surface area contributed by atoms with E-state index in [9.17, 15) is 4.79 Å². The molecule has 3 nitrogen and oxygen atoms in total. The number of amides is 1. The molecule has 1 aromatic carbocycles. The number of rotatable bonds is 4. The average molecular weight is 263 g/mol. The molecular weight excluding hydrogens is 247 g/mol. The predicted octanol–water partition coefficient (Wildman–Crippen LogP) is 2.12. The fourth-order valence-electron chi connectivity index (χ4n) is 1.20. The third-order valence-corrected chi connectivity index (χ3v) is 2.31. The second kappa shape index (κ2) is 7.49. The highest BCUT2D eigenvalue weighted by Crippen LogP contribution is 2.14. The molecule has 0 aliphatic carbocycles. The Morgan fingerprint density at radius 3 is 2.69 bits per heavy atom. The van der Waals surface area contributed by atoms with E-state index in [-0.39, 0.29) is 24.4 Å². The van der Waals surface area contributed by atoms with Crippen LogP contribution < -0.4 is 11.1 Å². The van der Waals surface area contributed by atoms with Crippen LogP contribution in [0.25, 0.3) is 0 Å². The molecule has 1 aromatic rings. The van der Waals surface area contributed by atoms with Gasteiger partial charge in [0.15, 0.2) is 0 Å². The maximum atomic E-state index is 11.3. The van der Waals surface area contributed by atoms with Crippen LogP contribution in [0.5, 0.6) is 0 Å². The zero-order chi connectivity index (χ0) is 11.3. The van der Waals surface area contributed by atoms with Crippen LogP contribution in [-0.2, 0) is 11.3 Å². The summed E-state index contributed by atoms with van der Waals surface area (Å²) in [5.41, 5.74) is 6.42. The van der Waals surface area contributed by atoms with Gasteiger partial charge in [-0.15, -0.1) is 12.4 Å². The molecule has 5 heteroatoms. The summed E-state index contributed by atoms with van der Waals surface area (Å²) in [5, 5.41) is 3.43. The van der Waals surface area contributed by atoms with Crippen molar-refractivity contribution in [2.75, 3.05) is 0 Å². The van der Waals surface area contributed by atoms with Crippen LogP contribution in [0, 0.1) is 0 Å². The smallest absolute Gasteiger partial charge is 0.221 e. The largest absolute Gasteiger partial charge is 0.352 e. The van der Waals surface area contributed by atoms with Crippen LogP contribution in [0.2, 0.25) is 5.02 Å². The number of benzene rings is 1. The molecular formula is C11H16Cl2N2O. The van der Waals surface area contributed by atoms with Gasteiger partial charge in [-0.05, 0) is 18.6 Å². The van der Waals surface area contributed by atoms with E-state index in [1.54, 1.807) is 13.0 Å². The van der Waals surface area contributed by atoms with E-state index in [0.29, 0.717) is 18.0 Å². The lowest BCUT2D eigenvalue weighted by Gasteiger charge is -2.08. The molecule has 0 saturated carbocycles. The Morgan fingerprint density at radius 1 is 1.50 bits per heavy atom. The average Bonchev–Trinajstić information content (AvgIpc) is 2.15. The minimum absolute atomic E-state index is 0. The fraction of sp³-hybridized carbons (Fsp3) is 0.364. The molecule has 0 radical (unpaired) electrons. The molecule has 0 saturated heterocycles. The molecule has 1 unspecified atom stereocenters. The molecule has 0 aliphatic rings. The summed E-state index contributed by atoms with van der Waals surface area (Å²) in [6, 6.07) is 7.31. The van der Waals surface area contributed by atoms with E-state index in [1.165, 1.54) is 0 Å². The van der Waals surface area contributed by atoms with Crippen LogP contribution in [0.15, 0.2) is 24.3 Å². The van der Waals surface area contributed by atoms with E-state index in [1.807, 2.05) is 18.2 Å². The zero-order valence-electron chi connectivity index (χ0n) is 9.07. The Morgan fingerprint density at radius 2 is 2.12 bits per heavy atom. The van der Waals surface area contributed by atoms with Crippen LogP contribution in [-0.4, -0.2) is 11.9 Å². The number of halogens is 2. The molecule has 16 heavy (non-hydrogen) atoms. The summed E-state index contributed by atoms with van der Waals surface area (Å²) in [7, 11) is 0. The summed E-state index contributed by atoms with van der Waals surface area (Å²) in [6.07, 6.45) is 0.338. The molecule has 0 aromatic heterocycles. The van der Waals surface area contributed by atoms with E-state index in [4.69, 9.17) is 17.3 Å². The van der Waals surface area contributed by atoms with Crippen LogP contribution in [0.1, 0.15) is 18.9 Å². The van der Waals surface area contributed by atoms with Gasteiger partial charge >= 0.3 is 0 Å². The van der Waals surface area contributed by atoms with Gasteiger partial charge < -0.3 is 11.1 Å². The van der Waals surface area contributed by atoms with Gasteiger partial charge in [-0.1, -0.05) is 29.8 Å². The highest BCUT2D eigenvalue weighted by atomic mass is 35.5. The molecule has 0 heterocycles. The first-order valence-corrected chi connectivity index (χ1v) is 5.23. The lowest BCUT2D eigenvalue weighted by molar-refractivity contribution is -0.121. The number of carbonyl (C=O) groups is 1. The minimum Gasteiger partial charge on any atom is -0.352 e. The van der Waals surface area contributed by atoms with Gasteiger partial charge in [0.05, 0.1) is 0 Å². The van der Waals surface area contributed by atoms with Crippen molar-refractivity contribution in [2.24, 2.45) is 5.73 Å². The summed E-state index contributed by atoms with van der Waals surface area (Å²) >= 11 is 5.94. The first kappa shape index (κ1) is 15.2. The molecule has 0 bridgehead atoms. The summed E-state index contributed by atoms with van der Waals surface area (Å²) in [6.45, 7) is 2.25. The zero-order valence-corrected chi connectivity index (χ0v) is 10.6. The Hall–Kier alpha value is -0.770. The van der Waals surface area contributed by atoms with E-state index < -0.39 is 0 Å². The van der Waals surface area contributed by atoms with Gasteiger partial charge in [0.25, 0.3) is 0 Å². The molecule has 90 valence electrons. The van der Waals surface area contributed by atoms with Crippen molar-refractivity contribution in [2.45, 2.75) is 25.9 Å². The number of nitrogens with one attached hydrogen (secondary N) is 1. The number of hydrogen-bond acceptors (Lipinski definition) is 2. The predicted molar refractivity (Wildman–Crippen MR) is 68.8 cm³/mol. The van der Waals surface area contributed by atoms with Gasteiger partial charge in [0, 0.05) is 24.0 Å². The molecule has 3 N–H and O–H groups in total. The number of hydrogen-bond donors (Lipinski definition) is 2. The van der Waals surface area contributed by atoms with Crippen LogP contribution >= 0.6 is 24.0 Å². The van der Waals surface area contributed by atoms with Crippen molar-refractivity contribution in [3.63, 3.8) is 0 Å². The van der Waals surface area contributed by atoms with Crippen molar-refractivity contribution in [3.05, 3.63) is 34.9 Å². The standard InChI is InChI=1S/C11H15ClN2O.ClH/c1-8(13)6-11(15)14-7-9-4-2-3-5-10(9)12;/h2-5,8H,6-7,13H2,1H3,(H,14,15);1H. The third kappa shape index (κ3) is 5.35. The van der Waals surface area contributed by atoms with Crippen LogP contribution in [0.4, 0.5) is 0 Å². The molecule has 0 spiro atoms. The normalized spacial score (nSPS) is 11.4. The van der Waals surface area contributed by atoms with Gasteiger partial charge in [-0.3, -0.25) is 4.79 Å². The number of nitrogens with two attached hydrogens (primary N) is 1. The van der Waals surface area contributed by atoms with E-state index in [2.05, 4.69) is 5.32 Å². The lowest BCUT2D eigenvalue weighted by Crippen LogP contribution is -2.29. The van der Waals surface area contributed by atoms with Gasteiger partial charge in [-0.2, -0.15) is 0 Å². The van der Waals surface area contributed by atoms with Crippen molar-refractivity contribution in [1.82, 2.24) is 5.32 Å². The highest BCUT2D eigenvalue weighted by Gasteiger charge is 2.05. The van der Waals surface area contributed by atoms with Gasteiger partial charge in [0.2, 0.25) is 5.91 Å². The van der Waals surface area contributed by atoms with Gasteiger partial charge in [-0.25, -0.2) is 0 Å². The second-order valence-corrected chi connectivity index (χ2v) is 3.96. The maximum absolute atomic E-state index is 11.3. The topological polar surface area (TPSA) is 55.1 Å². The Labute approximate surface area is 107 Å². The van der Waals surface area contributed by atoms with Crippen molar-refractivity contribution < 1.29 is 4.79 Å². The fourth-order valence-corrected chi connectivity index (χ4v) is 1.40. The minimum atomic E-state index is -0.115. The van der Waals surface area contributed by atoms with Crippen LogP contribution in [0.3, 0.4) is 0 Å². The summed E-state index contributed by atoms with van der Waals surface area (Å²) in [4.78, 5) is 11.3. The molecule has 0 aliphatic heterocycles. The monoisotopic (exact) mass is 262 g/mol. The summed E-state index contributed by atoms with van der Waals surface area (Å²) < 4.78 is 0. The first-order chi connectivity index (χ1) is 7.09. The maximum Gasteiger partial charge on any atom is 0.221 e. The number of carbonyl (C=O) groups excluding carboxylic acids is 1. The van der Waals surface area contributed by atoms with E-state index >= 15 is 0 Å². The second-order valence-electron chi connectivity index (χ2n) is 3.55. The summed E-state index contributed by atoms with van der Waals surface area (Å²) in [5.74, 6) is -0.0510. The van der Waals surface area contributed by atoms with Gasteiger partial charge in [0.1, 0.15) is 0 Å². The highest BCUT2D eigenvalue weighted by molar-refractivity contribution is 6.31. The molecule has 1 rings (SSSR count). The Balaban J connectivity index is 0.00000225. The van der Waals surface area contributed by atoms with Crippen molar-refractivity contribution in [1.29, 1.82) is 0 Å². The SMILES string of the molecule is CC(N)CC(=O)NCc1ccccc1Cl.Cl. The van der Waals surface area contributed by atoms with E-state index in [0.717, 1.165) is 5.56 Å². The molecule has 1 atom stereocenters. The Bertz CT molecular complexity index is 343. The molecule has 0 fully saturated rings. The quantitative estimate of drug-likeness (QED) is 0.874. The van der Waals surface area contributed by atoms with Crippen molar-refractivity contribution >= 4 is 29.9 Å². The third-order valence-electron chi connectivity index (χ3n) is 1.94. The molecule has 1 amide bonds. The first-order valence-electron chi connectivity index (χ1n) is 4.85. The van der Waals surface area contributed by atoms with Crippen molar-refractivity contribution in [3.8, 4) is 0 Å². The lowest BCUT2D eigenvalue weighted by atomic mass is 10.2. The Kier molecular flexibility index (Phi) is 7.13.